The van der Waals surface area contributed by atoms with Crippen molar-refractivity contribution in [2.75, 3.05) is 11.4 Å². The lowest BCUT2D eigenvalue weighted by Crippen LogP contribution is -2.50. The molecule has 1 N–H and O–H groups in total. The maximum Gasteiger partial charge on any atom is 0.268 e. The van der Waals surface area contributed by atoms with E-state index in [-0.39, 0.29) is 24.4 Å². The Bertz CT molecular complexity index is 579. The molecule has 1 aromatic carbocycles. The lowest BCUT2D eigenvalue weighted by Gasteiger charge is -2.32. The highest BCUT2D eigenvalue weighted by atomic mass is 16.5. The van der Waals surface area contributed by atoms with Crippen LogP contribution >= 0.6 is 0 Å². The molecule has 124 valence electrons. The third kappa shape index (κ3) is 3.66. The Morgan fingerprint density at radius 1 is 1.22 bits per heavy atom. The molecule has 1 atom stereocenters. The van der Waals surface area contributed by atoms with Gasteiger partial charge in [-0.15, -0.1) is 0 Å². The molecular weight excluding hydrogens is 292 g/mol. The third-order valence-electron chi connectivity index (χ3n) is 4.60. The minimum atomic E-state index is -0.560. The van der Waals surface area contributed by atoms with E-state index in [1.807, 2.05) is 24.3 Å². The number of nitrogens with one attached hydrogen (secondary N) is 1. The van der Waals surface area contributed by atoms with Gasteiger partial charge < -0.3 is 10.1 Å². The second-order valence-corrected chi connectivity index (χ2v) is 6.41. The van der Waals surface area contributed by atoms with Crippen molar-refractivity contribution < 1.29 is 14.3 Å². The first-order valence-corrected chi connectivity index (χ1v) is 8.51. The van der Waals surface area contributed by atoms with Crippen molar-refractivity contribution in [3.8, 4) is 5.75 Å². The number of fused-ring (bicyclic) bond motifs is 1. The van der Waals surface area contributed by atoms with E-state index in [9.17, 15) is 9.59 Å². The summed E-state index contributed by atoms with van der Waals surface area (Å²) in [5.74, 6) is 0.399. The molecule has 2 amide bonds. The van der Waals surface area contributed by atoms with Crippen LogP contribution in [0.15, 0.2) is 24.3 Å². The Morgan fingerprint density at radius 2 is 1.91 bits per heavy atom. The van der Waals surface area contributed by atoms with Crippen molar-refractivity contribution in [1.29, 1.82) is 0 Å². The second-order valence-electron chi connectivity index (χ2n) is 6.41. The van der Waals surface area contributed by atoms with Gasteiger partial charge in [0.1, 0.15) is 12.3 Å². The highest BCUT2D eigenvalue weighted by Crippen LogP contribution is 2.33. The van der Waals surface area contributed by atoms with E-state index in [0.717, 1.165) is 12.8 Å². The maximum atomic E-state index is 12.4. The van der Waals surface area contributed by atoms with Gasteiger partial charge in [0, 0.05) is 6.04 Å². The third-order valence-corrected chi connectivity index (χ3v) is 4.60. The van der Waals surface area contributed by atoms with E-state index in [4.69, 9.17) is 4.74 Å². The maximum absolute atomic E-state index is 12.4. The Morgan fingerprint density at radius 3 is 2.65 bits per heavy atom. The molecule has 0 aromatic heterocycles. The molecule has 5 heteroatoms. The first kappa shape index (κ1) is 15.8. The summed E-state index contributed by atoms with van der Waals surface area (Å²) in [7, 11) is 0. The first-order chi connectivity index (χ1) is 11.1. The van der Waals surface area contributed by atoms with Crippen LogP contribution in [0.5, 0.6) is 5.75 Å². The molecule has 1 aromatic rings. The molecule has 2 aliphatic rings. The molecule has 1 aliphatic carbocycles. The number of ether oxygens (including phenoxy) is 1. The number of para-hydroxylation sites is 2. The van der Waals surface area contributed by atoms with Crippen LogP contribution in [0.1, 0.15) is 45.4 Å². The van der Waals surface area contributed by atoms with Gasteiger partial charge in [-0.25, -0.2) is 0 Å². The lowest BCUT2D eigenvalue weighted by molar-refractivity contribution is -0.128. The number of nitrogens with zero attached hydrogens (tertiary/aromatic N) is 1. The number of carbonyl (C=O) groups is 2. The van der Waals surface area contributed by atoms with Crippen molar-refractivity contribution in [3.05, 3.63) is 24.3 Å². The zero-order valence-electron chi connectivity index (χ0n) is 13.6. The molecule has 1 unspecified atom stereocenters. The van der Waals surface area contributed by atoms with Crippen LogP contribution in [-0.2, 0) is 9.59 Å². The molecule has 0 saturated heterocycles. The van der Waals surface area contributed by atoms with Crippen molar-refractivity contribution >= 4 is 17.5 Å². The van der Waals surface area contributed by atoms with Crippen LogP contribution < -0.4 is 15.0 Å². The first-order valence-electron chi connectivity index (χ1n) is 8.51. The van der Waals surface area contributed by atoms with E-state index in [2.05, 4.69) is 5.32 Å². The SMILES string of the molecule is CC1Oc2ccccc2N(CC(=O)NC2CCCCCC2)C1=O. The van der Waals surface area contributed by atoms with Gasteiger partial charge in [-0.05, 0) is 31.9 Å². The standard InChI is InChI=1S/C18H24N2O3/c1-13-18(22)20(15-10-6-7-11-16(15)23-13)12-17(21)19-14-8-4-2-3-5-9-14/h6-7,10-11,13-14H,2-5,8-9,12H2,1H3,(H,19,21). The monoisotopic (exact) mass is 316 g/mol. The van der Waals surface area contributed by atoms with Gasteiger partial charge in [0.2, 0.25) is 5.91 Å². The molecule has 1 fully saturated rings. The van der Waals surface area contributed by atoms with Crippen LogP contribution in [0.3, 0.4) is 0 Å². The average Bonchev–Trinajstić information content (AvgIpc) is 2.80. The minimum Gasteiger partial charge on any atom is -0.479 e. The van der Waals surface area contributed by atoms with Crippen molar-refractivity contribution in [1.82, 2.24) is 5.32 Å². The summed E-state index contributed by atoms with van der Waals surface area (Å²) in [5.41, 5.74) is 0.673. The molecule has 1 aliphatic heterocycles. The van der Waals surface area contributed by atoms with Crippen molar-refractivity contribution in [3.63, 3.8) is 0 Å². The predicted octanol–water partition coefficient (Wildman–Crippen LogP) is 2.64. The number of hydrogen-bond donors (Lipinski definition) is 1. The smallest absolute Gasteiger partial charge is 0.268 e. The van der Waals surface area contributed by atoms with Gasteiger partial charge in [-0.1, -0.05) is 37.8 Å². The topological polar surface area (TPSA) is 58.6 Å². The van der Waals surface area contributed by atoms with E-state index >= 15 is 0 Å². The summed E-state index contributed by atoms with van der Waals surface area (Å²) in [6.45, 7) is 1.77. The van der Waals surface area contributed by atoms with Crippen molar-refractivity contribution in [2.45, 2.75) is 57.6 Å². The van der Waals surface area contributed by atoms with E-state index in [1.165, 1.54) is 30.6 Å². The van der Waals surface area contributed by atoms with Crippen LogP contribution in [0, 0.1) is 0 Å². The fraction of sp³-hybridized carbons (Fsp3) is 0.556. The molecule has 5 nitrogen and oxygen atoms in total. The number of amides is 2. The highest BCUT2D eigenvalue weighted by Gasteiger charge is 2.32. The summed E-state index contributed by atoms with van der Waals surface area (Å²) in [4.78, 5) is 26.3. The summed E-state index contributed by atoms with van der Waals surface area (Å²) in [6.07, 6.45) is 6.35. The van der Waals surface area contributed by atoms with Crippen LogP contribution in [0.25, 0.3) is 0 Å². The van der Waals surface area contributed by atoms with Gasteiger partial charge in [-0.3, -0.25) is 14.5 Å². The highest BCUT2D eigenvalue weighted by molar-refractivity contribution is 6.03. The summed E-state index contributed by atoms with van der Waals surface area (Å²) in [6, 6.07) is 7.60. The fourth-order valence-electron chi connectivity index (χ4n) is 3.36. The molecule has 0 radical (unpaired) electrons. The van der Waals surface area contributed by atoms with Gasteiger partial charge in [0.15, 0.2) is 6.10 Å². The number of rotatable bonds is 3. The number of anilines is 1. The predicted molar refractivity (Wildman–Crippen MR) is 88.5 cm³/mol. The van der Waals surface area contributed by atoms with Crippen molar-refractivity contribution in [2.24, 2.45) is 0 Å². The molecule has 1 heterocycles. The minimum absolute atomic E-state index is 0.0556. The summed E-state index contributed by atoms with van der Waals surface area (Å²) >= 11 is 0. The molecule has 1 saturated carbocycles. The molecule has 0 spiro atoms. The Balaban J connectivity index is 1.68. The second kappa shape index (κ2) is 7.02. The quantitative estimate of drug-likeness (QED) is 0.872. The Kier molecular flexibility index (Phi) is 4.84. The zero-order valence-corrected chi connectivity index (χ0v) is 13.6. The normalized spacial score (nSPS) is 22.0. The largest absolute Gasteiger partial charge is 0.479 e. The van der Waals surface area contributed by atoms with E-state index < -0.39 is 6.10 Å². The number of benzene rings is 1. The molecule has 23 heavy (non-hydrogen) atoms. The van der Waals surface area contributed by atoms with Crippen LogP contribution in [0.4, 0.5) is 5.69 Å². The Hall–Kier alpha value is -2.04. The Labute approximate surface area is 137 Å². The van der Waals surface area contributed by atoms with E-state index in [0.29, 0.717) is 11.4 Å². The molecular formula is C18H24N2O3. The lowest BCUT2D eigenvalue weighted by atomic mass is 10.1. The van der Waals surface area contributed by atoms with Gasteiger partial charge in [-0.2, -0.15) is 0 Å². The van der Waals surface area contributed by atoms with E-state index in [1.54, 1.807) is 6.92 Å². The molecule has 0 bridgehead atoms. The zero-order chi connectivity index (χ0) is 16.2. The summed E-state index contributed by atoms with van der Waals surface area (Å²) < 4.78 is 5.60. The van der Waals surface area contributed by atoms with Gasteiger partial charge in [0.25, 0.3) is 5.91 Å². The number of hydrogen-bond acceptors (Lipinski definition) is 3. The van der Waals surface area contributed by atoms with Crippen LogP contribution in [0.2, 0.25) is 0 Å². The average molecular weight is 316 g/mol. The van der Waals surface area contributed by atoms with Gasteiger partial charge >= 0.3 is 0 Å². The van der Waals surface area contributed by atoms with Crippen LogP contribution in [-0.4, -0.2) is 30.5 Å². The molecule has 3 rings (SSSR count). The summed E-state index contributed by atoms with van der Waals surface area (Å²) in [5, 5.41) is 3.10. The van der Waals surface area contributed by atoms with Gasteiger partial charge in [0.05, 0.1) is 5.69 Å². The fourth-order valence-corrected chi connectivity index (χ4v) is 3.36. The number of carbonyl (C=O) groups excluding carboxylic acids is 2.